The summed E-state index contributed by atoms with van der Waals surface area (Å²) < 4.78 is 4.64. The minimum absolute atomic E-state index is 0.152. The number of ether oxygens (including phenoxy) is 1. The molecule has 0 aromatic heterocycles. The molecule has 0 saturated carbocycles. The summed E-state index contributed by atoms with van der Waals surface area (Å²) in [5.41, 5.74) is 6.98. The molecule has 0 saturated heterocycles. The van der Waals surface area contributed by atoms with Crippen LogP contribution < -0.4 is 10.6 Å². The van der Waals surface area contributed by atoms with E-state index in [2.05, 4.69) is 4.74 Å². The van der Waals surface area contributed by atoms with E-state index in [1.807, 2.05) is 11.8 Å². The van der Waals surface area contributed by atoms with Gasteiger partial charge in [-0.2, -0.15) is 0 Å². The molecule has 1 aromatic carbocycles. The Bertz CT molecular complexity index is 465. The number of benzene rings is 1. The van der Waals surface area contributed by atoms with Gasteiger partial charge in [-0.05, 0) is 25.1 Å². The number of thiocarbonyl (C=S) groups is 1. The van der Waals surface area contributed by atoms with Gasteiger partial charge in [0.25, 0.3) is 0 Å². The number of nitrogens with two attached hydrogens (primary N) is 1. The van der Waals surface area contributed by atoms with E-state index in [4.69, 9.17) is 29.6 Å². The normalized spacial score (nSPS) is 9.94. The van der Waals surface area contributed by atoms with E-state index in [0.717, 1.165) is 5.69 Å². The lowest BCUT2D eigenvalue weighted by molar-refractivity contribution is -0.138. The van der Waals surface area contributed by atoms with Crippen molar-refractivity contribution >= 4 is 40.5 Å². The number of halogens is 1. The molecule has 6 heteroatoms. The Balaban J connectivity index is 3.00. The number of rotatable bonds is 5. The maximum absolute atomic E-state index is 11.3. The predicted octanol–water partition coefficient (Wildman–Crippen LogP) is 1.97. The first-order chi connectivity index (χ1) is 8.49. The number of esters is 1. The molecule has 0 aliphatic rings. The van der Waals surface area contributed by atoms with Crippen LogP contribution in [0.1, 0.15) is 12.5 Å². The maximum Gasteiger partial charge on any atom is 0.325 e. The zero-order chi connectivity index (χ0) is 13.7. The van der Waals surface area contributed by atoms with Gasteiger partial charge in [-0.15, -0.1) is 0 Å². The van der Waals surface area contributed by atoms with Gasteiger partial charge < -0.3 is 15.4 Å². The van der Waals surface area contributed by atoms with Gasteiger partial charge in [0.2, 0.25) is 0 Å². The average Bonchev–Trinajstić information content (AvgIpc) is 2.35. The minimum atomic E-state index is -0.314. The van der Waals surface area contributed by atoms with Gasteiger partial charge in [0.15, 0.2) is 0 Å². The molecule has 4 nitrogen and oxygen atoms in total. The SMILES string of the molecule is CCN(CC(=O)OC)c1ccc(C(N)=S)cc1Cl. The van der Waals surface area contributed by atoms with Gasteiger partial charge in [0.05, 0.1) is 17.8 Å². The van der Waals surface area contributed by atoms with Crippen molar-refractivity contribution in [3.8, 4) is 0 Å². The molecule has 0 spiro atoms. The Kier molecular flexibility index (Phi) is 5.37. The second-order valence-electron chi connectivity index (χ2n) is 3.62. The second-order valence-corrected chi connectivity index (χ2v) is 4.47. The smallest absolute Gasteiger partial charge is 0.325 e. The Hall–Kier alpha value is -1.33. The van der Waals surface area contributed by atoms with Crippen LogP contribution in [0.25, 0.3) is 0 Å². The Morgan fingerprint density at radius 2 is 2.22 bits per heavy atom. The molecular formula is C12H15ClN2O2S. The topological polar surface area (TPSA) is 55.6 Å². The largest absolute Gasteiger partial charge is 0.468 e. The summed E-state index contributed by atoms with van der Waals surface area (Å²) in [5, 5.41) is 0.506. The summed E-state index contributed by atoms with van der Waals surface area (Å²) in [6, 6.07) is 5.27. The van der Waals surface area contributed by atoms with Crippen molar-refractivity contribution in [1.82, 2.24) is 0 Å². The quantitative estimate of drug-likeness (QED) is 0.662. The molecule has 0 unspecified atom stereocenters. The number of anilines is 1. The van der Waals surface area contributed by atoms with Crippen LogP contribution >= 0.6 is 23.8 Å². The maximum atomic E-state index is 11.3. The molecule has 18 heavy (non-hydrogen) atoms. The molecule has 0 heterocycles. The summed E-state index contributed by atoms with van der Waals surface area (Å²) >= 11 is 11.0. The molecule has 0 aliphatic heterocycles. The van der Waals surface area contributed by atoms with Crippen molar-refractivity contribution in [2.24, 2.45) is 5.73 Å². The van der Waals surface area contributed by atoms with Crippen molar-refractivity contribution in [1.29, 1.82) is 0 Å². The molecule has 0 amide bonds. The third-order valence-electron chi connectivity index (χ3n) is 2.50. The van der Waals surface area contributed by atoms with Gasteiger partial charge >= 0.3 is 5.97 Å². The highest BCUT2D eigenvalue weighted by molar-refractivity contribution is 7.80. The van der Waals surface area contributed by atoms with E-state index in [1.165, 1.54) is 7.11 Å². The summed E-state index contributed by atoms with van der Waals surface area (Å²) in [4.78, 5) is 13.4. The zero-order valence-electron chi connectivity index (χ0n) is 10.3. The average molecular weight is 287 g/mol. The second kappa shape index (κ2) is 6.56. The van der Waals surface area contributed by atoms with Crippen LogP contribution in [0.2, 0.25) is 5.02 Å². The van der Waals surface area contributed by atoms with Crippen LogP contribution in [-0.4, -0.2) is 31.2 Å². The zero-order valence-corrected chi connectivity index (χ0v) is 11.8. The van der Waals surface area contributed by atoms with Gasteiger partial charge in [0.1, 0.15) is 11.5 Å². The predicted molar refractivity (Wildman–Crippen MR) is 77.2 cm³/mol. The Morgan fingerprint density at radius 3 is 2.67 bits per heavy atom. The molecule has 98 valence electrons. The number of likely N-dealkylation sites (N-methyl/N-ethyl adjacent to an activating group) is 1. The monoisotopic (exact) mass is 286 g/mol. The van der Waals surface area contributed by atoms with Gasteiger partial charge in [-0.25, -0.2) is 0 Å². The number of hydrogen-bond acceptors (Lipinski definition) is 4. The molecule has 0 radical (unpaired) electrons. The lowest BCUT2D eigenvalue weighted by Gasteiger charge is -2.23. The Morgan fingerprint density at radius 1 is 1.56 bits per heavy atom. The lowest BCUT2D eigenvalue weighted by atomic mass is 10.2. The van der Waals surface area contributed by atoms with E-state index >= 15 is 0 Å². The molecule has 1 rings (SSSR count). The van der Waals surface area contributed by atoms with E-state index < -0.39 is 0 Å². The first-order valence-electron chi connectivity index (χ1n) is 5.40. The number of carbonyl (C=O) groups is 1. The fourth-order valence-corrected chi connectivity index (χ4v) is 1.93. The Labute approximate surface area is 117 Å². The minimum Gasteiger partial charge on any atom is -0.468 e. The van der Waals surface area contributed by atoms with Crippen molar-refractivity contribution < 1.29 is 9.53 Å². The number of carbonyl (C=O) groups excluding carboxylic acids is 1. The molecular weight excluding hydrogens is 272 g/mol. The highest BCUT2D eigenvalue weighted by Crippen LogP contribution is 2.26. The molecule has 0 bridgehead atoms. The van der Waals surface area contributed by atoms with Crippen molar-refractivity contribution in [2.45, 2.75) is 6.92 Å². The van der Waals surface area contributed by atoms with Gasteiger partial charge in [-0.3, -0.25) is 4.79 Å². The van der Waals surface area contributed by atoms with E-state index in [1.54, 1.807) is 18.2 Å². The first kappa shape index (κ1) is 14.7. The van der Waals surface area contributed by atoms with Gasteiger partial charge in [0, 0.05) is 12.1 Å². The first-order valence-corrected chi connectivity index (χ1v) is 6.19. The molecule has 0 fully saturated rings. The van der Waals surface area contributed by atoms with Crippen LogP contribution in [0.5, 0.6) is 0 Å². The fourth-order valence-electron chi connectivity index (χ4n) is 1.50. The van der Waals surface area contributed by atoms with E-state index in [9.17, 15) is 4.79 Å². The van der Waals surface area contributed by atoms with Crippen LogP contribution in [0, 0.1) is 0 Å². The highest BCUT2D eigenvalue weighted by atomic mass is 35.5. The van der Waals surface area contributed by atoms with Crippen LogP contribution in [0.3, 0.4) is 0 Å². The van der Waals surface area contributed by atoms with Crippen LogP contribution in [-0.2, 0) is 9.53 Å². The van der Waals surface area contributed by atoms with Crippen LogP contribution in [0.15, 0.2) is 18.2 Å². The standard InChI is InChI=1S/C12H15ClN2O2S/c1-3-15(7-11(16)17-2)10-5-4-8(12(14)18)6-9(10)13/h4-6H,3,7H2,1-2H3,(H2,14,18). The molecule has 1 aromatic rings. The summed E-state index contributed by atoms with van der Waals surface area (Å²) in [7, 11) is 1.35. The molecule has 0 aliphatic carbocycles. The summed E-state index contributed by atoms with van der Waals surface area (Å²) in [5.74, 6) is -0.314. The summed E-state index contributed by atoms with van der Waals surface area (Å²) in [6.07, 6.45) is 0. The van der Waals surface area contributed by atoms with E-state index in [0.29, 0.717) is 22.1 Å². The van der Waals surface area contributed by atoms with Crippen LogP contribution in [0.4, 0.5) is 5.69 Å². The van der Waals surface area contributed by atoms with Gasteiger partial charge in [-0.1, -0.05) is 23.8 Å². The summed E-state index contributed by atoms with van der Waals surface area (Å²) in [6.45, 7) is 2.72. The van der Waals surface area contributed by atoms with Crippen molar-refractivity contribution in [3.63, 3.8) is 0 Å². The number of methoxy groups -OCH3 is 1. The number of hydrogen-bond donors (Lipinski definition) is 1. The number of nitrogens with zero attached hydrogens (tertiary/aromatic N) is 1. The highest BCUT2D eigenvalue weighted by Gasteiger charge is 2.13. The molecule has 2 N–H and O–H groups in total. The van der Waals surface area contributed by atoms with E-state index in [-0.39, 0.29) is 12.5 Å². The van der Waals surface area contributed by atoms with Crippen molar-refractivity contribution in [2.75, 3.05) is 25.1 Å². The molecule has 0 atom stereocenters. The lowest BCUT2D eigenvalue weighted by Crippen LogP contribution is -2.30. The third-order valence-corrected chi connectivity index (χ3v) is 3.04. The third kappa shape index (κ3) is 3.58. The van der Waals surface area contributed by atoms with Crippen molar-refractivity contribution in [3.05, 3.63) is 28.8 Å². The fraction of sp³-hybridized carbons (Fsp3) is 0.333.